The zero-order valence-electron chi connectivity index (χ0n) is 18.1. The quantitative estimate of drug-likeness (QED) is 0.507. The number of hydrogen-bond donors (Lipinski definition) is 0. The minimum atomic E-state index is 0.0305. The number of hydrogen-bond acceptors (Lipinski definition) is 1. The van der Waals surface area contributed by atoms with E-state index in [2.05, 4.69) is 63.3 Å². The summed E-state index contributed by atoms with van der Waals surface area (Å²) in [6.45, 7) is 8.42. The molecule has 3 saturated carbocycles. The number of rotatable bonds is 3. The van der Waals surface area contributed by atoms with Crippen molar-refractivity contribution in [1.82, 2.24) is 0 Å². The molecule has 0 bridgehead atoms. The van der Waals surface area contributed by atoms with Gasteiger partial charge in [0.25, 0.3) is 0 Å². The fraction of sp³-hybridized carbons (Fsp3) is 0.704. The van der Waals surface area contributed by atoms with E-state index in [1.165, 1.54) is 56.9 Å². The summed E-state index contributed by atoms with van der Waals surface area (Å²) >= 11 is 0. The lowest BCUT2D eigenvalue weighted by atomic mass is 9.45. The highest BCUT2D eigenvalue weighted by Crippen LogP contribution is 2.68. The Balaban J connectivity index is 1.37. The molecular weight excluding hydrogens is 340 g/mol. The van der Waals surface area contributed by atoms with Crippen LogP contribution < -0.4 is 0 Å². The fourth-order valence-electron chi connectivity index (χ4n) is 8.12. The van der Waals surface area contributed by atoms with E-state index >= 15 is 0 Å². The molecule has 4 aliphatic rings. The summed E-state index contributed by atoms with van der Waals surface area (Å²) < 4.78 is 6.75. The zero-order chi connectivity index (χ0) is 19.4. The Labute approximate surface area is 171 Å². The first-order chi connectivity index (χ1) is 13.5. The first-order valence-electron chi connectivity index (χ1n) is 11.8. The van der Waals surface area contributed by atoms with Gasteiger partial charge in [0, 0.05) is 0 Å². The van der Waals surface area contributed by atoms with Crippen LogP contribution in [0, 0.1) is 34.5 Å². The van der Waals surface area contributed by atoms with E-state index < -0.39 is 0 Å². The highest BCUT2D eigenvalue weighted by molar-refractivity contribution is 5.17. The van der Waals surface area contributed by atoms with Crippen molar-refractivity contribution in [3.63, 3.8) is 0 Å². The second kappa shape index (κ2) is 6.73. The van der Waals surface area contributed by atoms with E-state index in [0.29, 0.717) is 10.8 Å². The van der Waals surface area contributed by atoms with E-state index in [1.807, 2.05) is 0 Å². The van der Waals surface area contributed by atoms with E-state index in [1.54, 1.807) is 0 Å². The van der Waals surface area contributed by atoms with Gasteiger partial charge in [0.05, 0.1) is 12.2 Å². The molecule has 0 N–H and O–H groups in total. The number of fused-ring (bicyclic) bond motifs is 5. The van der Waals surface area contributed by atoms with E-state index in [4.69, 9.17) is 4.74 Å². The van der Waals surface area contributed by atoms with Crippen LogP contribution in [-0.4, -0.2) is 5.60 Å². The van der Waals surface area contributed by atoms with Gasteiger partial charge in [0.2, 0.25) is 0 Å². The molecule has 1 heteroatoms. The first-order valence-corrected chi connectivity index (χ1v) is 11.8. The highest BCUT2D eigenvalue weighted by Gasteiger charge is 2.63. The largest absolute Gasteiger partial charge is 0.370 e. The molecule has 0 spiro atoms. The van der Waals surface area contributed by atoms with Crippen LogP contribution in [0.4, 0.5) is 0 Å². The normalized spacial score (nSPS) is 47.2. The van der Waals surface area contributed by atoms with Gasteiger partial charge in [-0.1, -0.05) is 56.3 Å². The van der Waals surface area contributed by atoms with Crippen LogP contribution >= 0.6 is 0 Å². The average Bonchev–Trinajstić information content (AvgIpc) is 2.98. The van der Waals surface area contributed by atoms with Crippen molar-refractivity contribution in [3.8, 4) is 0 Å². The predicted octanol–water partition coefficient (Wildman–Crippen LogP) is 7.17. The summed E-state index contributed by atoms with van der Waals surface area (Å²) in [4.78, 5) is 0. The predicted molar refractivity (Wildman–Crippen MR) is 116 cm³/mol. The third kappa shape index (κ3) is 2.68. The molecule has 0 aliphatic heterocycles. The minimum absolute atomic E-state index is 0.0305. The van der Waals surface area contributed by atoms with Crippen molar-refractivity contribution in [3.05, 3.63) is 48.0 Å². The fourth-order valence-corrected chi connectivity index (χ4v) is 8.12. The van der Waals surface area contributed by atoms with Gasteiger partial charge in [0.1, 0.15) is 0 Å². The lowest BCUT2D eigenvalue weighted by Gasteiger charge is -2.60. The third-order valence-corrected chi connectivity index (χ3v) is 10.1. The summed E-state index contributed by atoms with van der Waals surface area (Å²) in [7, 11) is 0. The van der Waals surface area contributed by atoms with E-state index in [9.17, 15) is 0 Å². The van der Waals surface area contributed by atoms with Gasteiger partial charge in [-0.3, -0.25) is 0 Å². The summed E-state index contributed by atoms with van der Waals surface area (Å²) in [5, 5.41) is 0. The van der Waals surface area contributed by atoms with Crippen LogP contribution in [0.5, 0.6) is 0 Å². The molecule has 0 saturated heterocycles. The smallest absolute Gasteiger partial charge is 0.0724 e. The van der Waals surface area contributed by atoms with E-state index in [-0.39, 0.29) is 5.60 Å². The van der Waals surface area contributed by atoms with Crippen LogP contribution in [0.3, 0.4) is 0 Å². The molecule has 0 aromatic heterocycles. The lowest BCUT2D eigenvalue weighted by Crippen LogP contribution is -2.55. The molecule has 4 aliphatic carbocycles. The van der Waals surface area contributed by atoms with Gasteiger partial charge < -0.3 is 4.74 Å². The first kappa shape index (κ1) is 18.9. The van der Waals surface area contributed by atoms with Crippen molar-refractivity contribution < 1.29 is 4.74 Å². The maximum absolute atomic E-state index is 6.75. The SMILES string of the molecule is C[C@]12CC=CC[C@@H]1CC[C@@H]1[C@@H]2CC[C@@]2(C)[C@H]1CC[C@]2(C)OCc1ccccc1. The molecule has 0 heterocycles. The van der Waals surface area contributed by atoms with Gasteiger partial charge in [-0.05, 0) is 98.4 Å². The molecule has 5 rings (SSSR count). The second-order valence-corrected chi connectivity index (χ2v) is 11.1. The Morgan fingerprint density at radius 3 is 2.50 bits per heavy atom. The topological polar surface area (TPSA) is 9.23 Å². The van der Waals surface area contributed by atoms with Crippen molar-refractivity contribution in [1.29, 1.82) is 0 Å². The van der Waals surface area contributed by atoms with Crippen molar-refractivity contribution in [2.45, 2.75) is 84.3 Å². The van der Waals surface area contributed by atoms with Crippen LogP contribution in [-0.2, 0) is 11.3 Å². The number of benzene rings is 1. The Morgan fingerprint density at radius 2 is 1.68 bits per heavy atom. The standard InChI is InChI=1S/C27H38O/c1-25-16-8-7-11-21(25)12-13-22-23(25)14-17-26(2)24(22)15-18-27(26,3)28-19-20-9-5-4-6-10-20/h4-10,21-24H,11-19H2,1-3H3/t21-,22-,23+,24+,25+,26+,27+/m1/s1. The maximum atomic E-state index is 6.75. The molecule has 0 radical (unpaired) electrons. The number of ether oxygens (including phenoxy) is 1. The second-order valence-electron chi connectivity index (χ2n) is 11.1. The Bertz CT molecular complexity index is 738. The molecule has 1 aromatic rings. The van der Waals surface area contributed by atoms with Crippen molar-refractivity contribution in [2.75, 3.05) is 0 Å². The molecule has 1 nitrogen and oxygen atoms in total. The van der Waals surface area contributed by atoms with Gasteiger partial charge in [0.15, 0.2) is 0 Å². The Morgan fingerprint density at radius 1 is 0.893 bits per heavy atom. The molecule has 0 unspecified atom stereocenters. The summed E-state index contributed by atoms with van der Waals surface area (Å²) in [5.41, 5.74) is 2.24. The third-order valence-electron chi connectivity index (χ3n) is 10.1. The molecular formula is C27H38O. The molecule has 1 aromatic carbocycles. The summed E-state index contributed by atoms with van der Waals surface area (Å²) in [6, 6.07) is 10.8. The minimum Gasteiger partial charge on any atom is -0.370 e. The summed E-state index contributed by atoms with van der Waals surface area (Å²) in [5.74, 6) is 3.65. The lowest BCUT2D eigenvalue weighted by molar-refractivity contribution is -0.166. The van der Waals surface area contributed by atoms with Gasteiger partial charge in [-0.15, -0.1) is 0 Å². The van der Waals surface area contributed by atoms with Gasteiger partial charge in [-0.25, -0.2) is 0 Å². The van der Waals surface area contributed by atoms with Crippen LogP contribution in [0.2, 0.25) is 0 Å². The maximum Gasteiger partial charge on any atom is 0.0724 e. The molecule has 28 heavy (non-hydrogen) atoms. The monoisotopic (exact) mass is 378 g/mol. The molecule has 3 fully saturated rings. The van der Waals surface area contributed by atoms with Crippen LogP contribution in [0.25, 0.3) is 0 Å². The summed E-state index contributed by atoms with van der Waals surface area (Å²) in [6.07, 6.45) is 15.9. The average molecular weight is 379 g/mol. The van der Waals surface area contributed by atoms with Crippen molar-refractivity contribution >= 4 is 0 Å². The van der Waals surface area contributed by atoms with E-state index in [0.717, 1.165) is 30.3 Å². The molecule has 0 amide bonds. The molecule has 7 atom stereocenters. The van der Waals surface area contributed by atoms with Crippen molar-refractivity contribution in [2.24, 2.45) is 34.5 Å². The Kier molecular flexibility index (Phi) is 4.54. The van der Waals surface area contributed by atoms with Crippen LogP contribution in [0.1, 0.15) is 77.7 Å². The number of allylic oxidation sites excluding steroid dienone is 2. The molecule has 152 valence electrons. The highest BCUT2D eigenvalue weighted by atomic mass is 16.5. The Hall–Kier alpha value is -1.08. The van der Waals surface area contributed by atoms with Gasteiger partial charge >= 0.3 is 0 Å². The van der Waals surface area contributed by atoms with Gasteiger partial charge in [-0.2, -0.15) is 0 Å². The zero-order valence-corrected chi connectivity index (χ0v) is 18.1. The van der Waals surface area contributed by atoms with Crippen LogP contribution in [0.15, 0.2) is 42.5 Å².